The minimum absolute atomic E-state index is 0.128. The van der Waals surface area contributed by atoms with Crippen molar-refractivity contribution in [2.75, 3.05) is 5.32 Å². The average molecular weight is 384 g/mol. The molecule has 1 amide bonds. The molecule has 4 aromatic carbocycles. The highest BCUT2D eigenvalue weighted by Gasteiger charge is 2.13. The molecule has 0 fully saturated rings. The van der Waals surface area contributed by atoms with E-state index < -0.39 is 0 Å². The molecule has 0 aliphatic carbocycles. The molecule has 4 rings (SSSR count). The minimum atomic E-state index is -0.128. The van der Waals surface area contributed by atoms with E-state index in [0.717, 1.165) is 27.9 Å². The van der Waals surface area contributed by atoms with Gasteiger partial charge in [0, 0.05) is 21.8 Å². The van der Waals surface area contributed by atoms with Gasteiger partial charge in [0.2, 0.25) is 0 Å². The molecule has 0 saturated carbocycles. The fraction of sp³-hybridized carbons (Fsp3) is 0. The summed E-state index contributed by atoms with van der Waals surface area (Å²) in [5, 5.41) is 3.76. The zero-order chi connectivity index (χ0) is 19.3. The van der Waals surface area contributed by atoms with E-state index in [1.165, 1.54) is 0 Å². The fourth-order valence-corrected chi connectivity index (χ4v) is 3.34. The predicted octanol–water partition coefficient (Wildman–Crippen LogP) is 6.93. The van der Waals surface area contributed by atoms with E-state index in [-0.39, 0.29) is 5.91 Å². The molecule has 4 aromatic rings. The van der Waals surface area contributed by atoms with E-state index in [9.17, 15) is 4.79 Å². The highest BCUT2D eigenvalue weighted by Crippen LogP contribution is 2.36. The van der Waals surface area contributed by atoms with Gasteiger partial charge in [0.05, 0.1) is 0 Å². The van der Waals surface area contributed by atoms with Crippen molar-refractivity contribution < 1.29 is 4.79 Å². The topological polar surface area (TPSA) is 29.1 Å². The van der Waals surface area contributed by atoms with Crippen LogP contribution in [-0.4, -0.2) is 5.91 Å². The Morgan fingerprint density at radius 2 is 1.18 bits per heavy atom. The second-order valence-corrected chi connectivity index (χ2v) is 6.85. The van der Waals surface area contributed by atoms with Crippen molar-refractivity contribution in [3.8, 4) is 22.3 Å². The van der Waals surface area contributed by atoms with Crippen LogP contribution in [0, 0.1) is 0 Å². The Balaban J connectivity index is 1.75. The van der Waals surface area contributed by atoms with Gasteiger partial charge >= 0.3 is 0 Å². The summed E-state index contributed by atoms with van der Waals surface area (Å²) in [6.07, 6.45) is 0. The van der Waals surface area contributed by atoms with Gasteiger partial charge in [-0.15, -0.1) is 0 Å². The number of nitrogens with one attached hydrogen (secondary N) is 1. The lowest BCUT2D eigenvalue weighted by atomic mass is 9.93. The van der Waals surface area contributed by atoms with Crippen molar-refractivity contribution in [1.82, 2.24) is 0 Å². The molecule has 0 spiro atoms. The third kappa shape index (κ3) is 3.83. The largest absolute Gasteiger partial charge is 0.321 e. The molecule has 0 heterocycles. The summed E-state index contributed by atoms with van der Waals surface area (Å²) in [5.41, 5.74) is 5.58. The Labute approximate surface area is 169 Å². The van der Waals surface area contributed by atoms with Gasteiger partial charge in [-0.3, -0.25) is 4.79 Å². The zero-order valence-electron chi connectivity index (χ0n) is 15.1. The lowest BCUT2D eigenvalue weighted by Crippen LogP contribution is -2.12. The third-order valence-corrected chi connectivity index (χ3v) is 4.84. The molecule has 0 unspecified atom stereocenters. The molecule has 0 bridgehead atoms. The summed E-state index contributed by atoms with van der Waals surface area (Å²) in [6, 6.07) is 33.0. The van der Waals surface area contributed by atoms with Gasteiger partial charge in [-0.05, 0) is 47.0 Å². The second-order valence-electron chi connectivity index (χ2n) is 6.42. The first-order chi connectivity index (χ1) is 13.7. The van der Waals surface area contributed by atoms with Gasteiger partial charge < -0.3 is 5.32 Å². The molecule has 0 saturated heterocycles. The Morgan fingerprint density at radius 1 is 0.607 bits per heavy atom. The summed E-state index contributed by atoms with van der Waals surface area (Å²) < 4.78 is 0. The number of benzene rings is 4. The maximum Gasteiger partial charge on any atom is 0.255 e. The summed E-state index contributed by atoms with van der Waals surface area (Å²) in [6.45, 7) is 0. The van der Waals surface area contributed by atoms with Crippen molar-refractivity contribution >= 4 is 23.2 Å². The molecule has 1 N–H and O–H groups in total. The number of rotatable bonds is 4. The van der Waals surface area contributed by atoms with E-state index in [4.69, 9.17) is 11.6 Å². The quantitative estimate of drug-likeness (QED) is 0.407. The zero-order valence-corrected chi connectivity index (χ0v) is 15.9. The first-order valence-electron chi connectivity index (χ1n) is 9.03. The predicted molar refractivity (Wildman–Crippen MR) is 117 cm³/mol. The van der Waals surface area contributed by atoms with Crippen LogP contribution in [0.25, 0.3) is 22.3 Å². The number of carbonyl (C=O) groups is 1. The van der Waals surface area contributed by atoms with E-state index in [1.807, 2.05) is 78.9 Å². The molecular weight excluding hydrogens is 366 g/mol. The number of carbonyl (C=O) groups excluding carboxylic acids is 1. The normalized spacial score (nSPS) is 10.5. The van der Waals surface area contributed by atoms with Crippen LogP contribution in [0.4, 0.5) is 5.69 Å². The van der Waals surface area contributed by atoms with Gasteiger partial charge in [0.1, 0.15) is 0 Å². The lowest BCUT2D eigenvalue weighted by molar-refractivity contribution is 0.102. The summed E-state index contributed by atoms with van der Waals surface area (Å²) >= 11 is 6.05. The van der Waals surface area contributed by atoms with Crippen LogP contribution in [0.3, 0.4) is 0 Å². The van der Waals surface area contributed by atoms with E-state index >= 15 is 0 Å². The summed E-state index contributed by atoms with van der Waals surface area (Å²) in [7, 11) is 0. The van der Waals surface area contributed by atoms with Crippen molar-refractivity contribution in [2.24, 2.45) is 0 Å². The SMILES string of the molecule is O=C(Nc1ccccc1-c1ccccc1-c1ccc(Cl)cc1)c1ccccc1. The maximum atomic E-state index is 12.7. The van der Waals surface area contributed by atoms with Crippen LogP contribution < -0.4 is 5.32 Å². The molecule has 0 aromatic heterocycles. The van der Waals surface area contributed by atoms with Gasteiger partial charge in [0.15, 0.2) is 0 Å². The van der Waals surface area contributed by atoms with Gasteiger partial charge in [-0.2, -0.15) is 0 Å². The van der Waals surface area contributed by atoms with Crippen LogP contribution >= 0.6 is 11.6 Å². The Kier molecular flexibility index (Phi) is 5.22. The van der Waals surface area contributed by atoms with E-state index in [1.54, 1.807) is 12.1 Å². The van der Waals surface area contributed by atoms with Crippen LogP contribution in [0.15, 0.2) is 103 Å². The van der Waals surface area contributed by atoms with Crippen molar-refractivity contribution in [1.29, 1.82) is 0 Å². The Bertz CT molecular complexity index is 1100. The molecule has 0 radical (unpaired) electrons. The Morgan fingerprint density at radius 3 is 1.89 bits per heavy atom. The number of hydrogen-bond acceptors (Lipinski definition) is 1. The molecular formula is C25H18ClNO. The molecule has 0 aliphatic rings. The van der Waals surface area contributed by atoms with E-state index in [0.29, 0.717) is 10.6 Å². The number of para-hydroxylation sites is 1. The number of amides is 1. The maximum absolute atomic E-state index is 12.7. The lowest BCUT2D eigenvalue weighted by Gasteiger charge is -2.15. The van der Waals surface area contributed by atoms with Crippen molar-refractivity contribution in [3.63, 3.8) is 0 Å². The number of hydrogen-bond donors (Lipinski definition) is 1. The van der Waals surface area contributed by atoms with Crippen molar-refractivity contribution in [2.45, 2.75) is 0 Å². The monoisotopic (exact) mass is 383 g/mol. The molecule has 136 valence electrons. The number of halogens is 1. The van der Waals surface area contributed by atoms with Gasteiger partial charge in [-0.25, -0.2) is 0 Å². The summed E-state index contributed by atoms with van der Waals surface area (Å²) in [4.78, 5) is 12.7. The van der Waals surface area contributed by atoms with Crippen LogP contribution in [-0.2, 0) is 0 Å². The summed E-state index contributed by atoms with van der Waals surface area (Å²) in [5.74, 6) is -0.128. The van der Waals surface area contributed by atoms with E-state index in [2.05, 4.69) is 17.4 Å². The first-order valence-corrected chi connectivity index (χ1v) is 9.41. The molecule has 3 heteroatoms. The highest BCUT2D eigenvalue weighted by molar-refractivity contribution is 6.30. The molecule has 0 atom stereocenters. The van der Waals surface area contributed by atoms with Crippen LogP contribution in [0.2, 0.25) is 5.02 Å². The Hall–Kier alpha value is -3.36. The van der Waals surface area contributed by atoms with Crippen LogP contribution in [0.5, 0.6) is 0 Å². The third-order valence-electron chi connectivity index (χ3n) is 4.58. The van der Waals surface area contributed by atoms with Crippen LogP contribution in [0.1, 0.15) is 10.4 Å². The van der Waals surface area contributed by atoms with Crippen molar-refractivity contribution in [3.05, 3.63) is 114 Å². The molecule has 0 aliphatic heterocycles. The molecule has 2 nitrogen and oxygen atoms in total. The number of anilines is 1. The minimum Gasteiger partial charge on any atom is -0.321 e. The van der Waals surface area contributed by atoms with Gasteiger partial charge in [0.25, 0.3) is 5.91 Å². The highest BCUT2D eigenvalue weighted by atomic mass is 35.5. The average Bonchev–Trinajstić information content (AvgIpc) is 2.75. The fourth-order valence-electron chi connectivity index (χ4n) is 3.21. The first kappa shape index (κ1) is 18.0. The standard InChI is InChI=1S/C25H18ClNO/c26-20-16-14-18(15-17-20)21-10-4-5-11-22(21)23-12-6-7-13-24(23)27-25(28)19-8-2-1-3-9-19/h1-17H,(H,27,28). The second kappa shape index (κ2) is 8.12. The van der Waals surface area contributed by atoms with Gasteiger partial charge in [-0.1, -0.05) is 84.4 Å². The smallest absolute Gasteiger partial charge is 0.255 e. The molecule has 28 heavy (non-hydrogen) atoms.